The van der Waals surface area contributed by atoms with Gasteiger partial charge in [0.1, 0.15) is 5.54 Å². The van der Waals surface area contributed by atoms with Crippen LogP contribution in [0.4, 0.5) is 24.5 Å². The van der Waals surface area contributed by atoms with E-state index in [9.17, 15) is 18.0 Å². The maximum Gasteiger partial charge on any atom is 0.417 e. The number of nitrogens with zero attached hydrogens (tertiary/aromatic N) is 3. The van der Waals surface area contributed by atoms with E-state index in [4.69, 9.17) is 17.5 Å². The lowest BCUT2D eigenvalue weighted by Crippen LogP contribution is -2.55. The topological polar surface area (TPSA) is 47.3 Å². The zero-order valence-corrected chi connectivity index (χ0v) is 18.7. The highest BCUT2D eigenvalue weighted by Gasteiger charge is 2.59. The van der Waals surface area contributed by atoms with Crippen molar-refractivity contribution in [2.45, 2.75) is 31.0 Å². The Morgan fingerprint density at radius 3 is 2.09 bits per heavy atom. The molecule has 34 heavy (non-hydrogen) atoms. The van der Waals surface area contributed by atoms with Crippen molar-refractivity contribution in [1.82, 2.24) is 0 Å². The number of carbonyl (C=O) groups is 1. The summed E-state index contributed by atoms with van der Waals surface area (Å²) in [6, 6.07) is 22.3. The minimum atomic E-state index is -4.73. The number of hydrogen-bond acceptors (Lipinski definition) is 3. The molecule has 0 atom stereocenters. The average molecular weight is 478 g/mol. The first-order valence-corrected chi connectivity index (χ1v) is 11.1. The maximum atomic E-state index is 13.6. The Kier molecular flexibility index (Phi) is 5.18. The van der Waals surface area contributed by atoms with Gasteiger partial charge >= 0.3 is 6.18 Å². The lowest BCUT2D eigenvalue weighted by Gasteiger charge is -2.43. The molecule has 1 aliphatic heterocycles. The molecule has 3 aromatic carbocycles. The number of thiocarbonyl (C=S) groups is 1. The van der Waals surface area contributed by atoms with Gasteiger partial charge in [-0.15, -0.1) is 0 Å². The van der Waals surface area contributed by atoms with Crippen molar-refractivity contribution in [2.24, 2.45) is 0 Å². The predicted octanol–water partition coefficient (Wildman–Crippen LogP) is 6.30. The molecule has 0 unspecified atom stereocenters. The lowest BCUT2D eigenvalue weighted by atomic mass is 9.75. The second-order valence-electron chi connectivity index (χ2n) is 8.40. The summed E-state index contributed by atoms with van der Waals surface area (Å²) >= 11 is 5.66. The fourth-order valence-electron chi connectivity index (χ4n) is 4.65. The normalized spacial score (nSPS) is 17.1. The molecule has 2 aliphatic rings. The first kappa shape index (κ1) is 22.1. The molecule has 5 rings (SSSR count). The van der Waals surface area contributed by atoms with Gasteiger partial charge in [-0.2, -0.15) is 18.4 Å². The van der Waals surface area contributed by atoms with E-state index in [0.717, 1.165) is 29.7 Å². The molecular formula is C26H18F3N3OS. The van der Waals surface area contributed by atoms with E-state index in [-0.39, 0.29) is 16.7 Å². The molecular weight excluding hydrogens is 459 g/mol. The smallest absolute Gasteiger partial charge is 0.303 e. The molecule has 0 N–H and O–H groups in total. The van der Waals surface area contributed by atoms with Gasteiger partial charge in [-0.3, -0.25) is 9.69 Å². The Balaban J connectivity index is 1.55. The number of hydrogen-bond donors (Lipinski definition) is 0. The third-order valence-electron chi connectivity index (χ3n) is 6.51. The van der Waals surface area contributed by atoms with Crippen LogP contribution in [0, 0.1) is 11.3 Å². The first-order valence-electron chi connectivity index (χ1n) is 10.7. The van der Waals surface area contributed by atoms with Crippen LogP contribution in [0.1, 0.15) is 30.4 Å². The summed E-state index contributed by atoms with van der Waals surface area (Å²) in [5.74, 6) is -0.339. The summed E-state index contributed by atoms with van der Waals surface area (Å²) in [6.07, 6.45) is -2.79. The van der Waals surface area contributed by atoms with Gasteiger partial charge in [0.25, 0.3) is 5.91 Å². The summed E-state index contributed by atoms with van der Waals surface area (Å²) in [4.78, 5) is 16.5. The molecule has 8 heteroatoms. The number of carbonyl (C=O) groups excluding carboxylic acids is 1. The third kappa shape index (κ3) is 3.35. The number of halogens is 3. The van der Waals surface area contributed by atoms with Crippen molar-refractivity contribution in [3.8, 4) is 17.2 Å². The van der Waals surface area contributed by atoms with Gasteiger partial charge in [-0.1, -0.05) is 42.5 Å². The van der Waals surface area contributed by atoms with Gasteiger partial charge in [-0.25, -0.2) is 0 Å². The third-order valence-corrected chi connectivity index (χ3v) is 6.88. The van der Waals surface area contributed by atoms with Crippen LogP contribution in [0.25, 0.3) is 11.1 Å². The number of rotatable bonds is 3. The number of amides is 1. The molecule has 1 heterocycles. The number of alkyl halides is 3. The summed E-state index contributed by atoms with van der Waals surface area (Å²) in [7, 11) is 0. The van der Waals surface area contributed by atoms with Crippen LogP contribution in [0.3, 0.4) is 0 Å². The Bertz CT molecular complexity index is 1330. The summed E-state index contributed by atoms with van der Waals surface area (Å²) in [6.45, 7) is 0. The molecule has 1 amide bonds. The molecule has 0 aromatic heterocycles. The van der Waals surface area contributed by atoms with Gasteiger partial charge in [0.15, 0.2) is 5.11 Å². The highest BCUT2D eigenvalue weighted by atomic mass is 32.1. The van der Waals surface area contributed by atoms with E-state index in [1.54, 1.807) is 11.0 Å². The largest absolute Gasteiger partial charge is 0.417 e. The Hall–Kier alpha value is -3.70. The fraction of sp³-hybridized carbons (Fsp3) is 0.192. The fourth-order valence-corrected chi connectivity index (χ4v) is 5.11. The van der Waals surface area contributed by atoms with Crippen molar-refractivity contribution in [3.63, 3.8) is 0 Å². The Labute approximate surface area is 199 Å². The molecule has 1 saturated heterocycles. The molecule has 1 saturated carbocycles. The molecule has 4 nitrogen and oxygen atoms in total. The summed E-state index contributed by atoms with van der Waals surface area (Å²) < 4.78 is 40.6. The highest BCUT2D eigenvalue weighted by Crippen LogP contribution is 2.48. The van der Waals surface area contributed by atoms with Crippen molar-refractivity contribution in [1.29, 1.82) is 5.26 Å². The van der Waals surface area contributed by atoms with Crippen molar-refractivity contribution in [3.05, 3.63) is 83.9 Å². The molecule has 1 spiro atoms. The molecule has 3 aromatic rings. The minimum absolute atomic E-state index is 0.0102. The molecule has 1 aliphatic carbocycles. The molecule has 2 fully saturated rings. The van der Waals surface area contributed by atoms with Crippen LogP contribution in [0.2, 0.25) is 0 Å². The lowest BCUT2D eigenvalue weighted by molar-refractivity contribution is -0.137. The first-order chi connectivity index (χ1) is 16.3. The Morgan fingerprint density at radius 1 is 0.912 bits per heavy atom. The standard InChI is InChI=1S/C26H18F3N3OS/c27-26(28,29)22-15-21(12-9-19(22)16-30)31-23(33)25(13-4-14-25)32(24(31)34)20-10-7-18(8-11-20)17-5-2-1-3-6-17/h1-3,5-12,15H,4,13-14H2. The van der Waals surface area contributed by atoms with Gasteiger partial charge in [0, 0.05) is 5.69 Å². The molecule has 170 valence electrons. The van der Waals surface area contributed by atoms with E-state index in [1.807, 2.05) is 54.6 Å². The minimum Gasteiger partial charge on any atom is -0.303 e. The van der Waals surface area contributed by atoms with Crippen LogP contribution < -0.4 is 9.80 Å². The van der Waals surface area contributed by atoms with Gasteiger partial charge in [0.05, 0.1) is 22.9 Å². The van der Waals surface area contributed by atoms with Crippen molar-refractivity contribution >= 4 is 34.6 Å². The highest BCUT2D eigenvalue weighted by molar-refractivity contribution is 7.81. The number of anilines is 2. The van der Waals surface area contributed by atoms with Crippen LogP contribution in [0.15, 0.2) is 72.8 Å². The molecule has 0 bridgehead atoms. The van der Waals surface area contributed by atoms with Crippen LogP contribution in [-0.2, 0) is 11.0 Å². The van der Waals surface area contributed by atoms with E-state index in [1.165, 1.54) is 11.0 Å². The number of benzene rings is 3. The van der Waals surface area contributed by atoms with E-state index < -0.39 is 22.8 Å². The summed E-state index contributed by atoms with van der Waals surface area (Å²) in [5, 5.41) is 9.24. The SMILES string of the molecule is N#Cc1ccc(N2C(=O)C3(CCC3)N(c3ccc(-c4ccccc4)cc3)C2=S)cc1C(F)(F)F. The quantitative estimate of drug-likeness (QED) is 0.415. The zero-order valence-electron chi connectivity index (χ0n) is 17.8. The van der Waals surface area contributed by atoms with Crippen LogP contribution in [0.5, 0.6) is 0 Å². The summed E-state index contributed by atoms with van der Waals surface area (Å²) in [5.41, 5.74) is 0.281. The van der Waals surface area contributed by atoms with Crippen LogP contribution >= 0.6 is 12.2 Å². The Morgan fingerprint density at radius 2 is 1.53 bits per heavy atom. The zero-order chi connectivity index (χ0) is 24.1. The van der Waals surface area contributed by atoms with E-state index in [2.05, 4.69) is 0 Å². The second-order valence-corrected chi connectivity index (χ2v) is 8.76. The monoisotopic (exact) mass is 477 g/mol. The van der Waals surface area contributed by atoms with Gasteiger partial charge in [-0.05, 0) is 72.9 Å². The van der Waals surface area contributed by atoms with Gasteiger partial charge < -0.3 is 4.90 Å². The van der Waals surface area contributed by atoms with Crippen LogP contribution in [-0.4, -0.2) is 16.6 Å². The van der Waals surface area contributed by atoms with Crippen molar-refractivity contribution < 1.29 is 18.0 Å². The van der Waals surface area contributed by atoms with E-state index >= 15 is 0 Å². The maximum absolute atomic E-state index is 13.6. The second kappa shape index (κ2) is 7.96. The molecule has 0 radical (unpaired) electrons. The number of nitriles is 1. The predicted molar refractivity (Wildman–Crippen MR) is 127 cm³/mol. The average Bonchev–Trinajstić information content (AvgIpc) is 3.05. The van der Waals surface area contributed by atoms with Gasteiger partial charge in [0.2, 0.25) is 0 Å². The van der Waals surface area contributed by atoms with E-state index in [0.29, 0.717) is 18.5 Å². The van der Waals surface area contributed by atoms with Crippen molar-refractivity contribution in [2.75, 3.05) is 9.80 Å².